The van der Waals surface area contributed by atoms with E-state index in [-0.39, 0.29) is 18.4 Å². The number of nitrogens with zero attached hydrogens (tertiary/aromatic N) is 3. The van der Waals surface area contributed by atoms with Gasteiger partial charge in [0.15, 0.2) is 0 Å². The van der Waals surface area contributed by atoms with Crippen molar-refractivity contribution in [3.8, 4) is 0 Å². The van der Waals surface area contributed by atoms with Crippen LogP contribution in [0.5, 0.6) is 0 Å². The smallest absolute Gasteiger partial charge is 0.340 e. The second-order valence-corrected chi connectivity index (χ2v) is 6.65. The van der Waals surface area contributed by atoms with Gasteiger partial charge in [-0.15, -0.1) is 0 Å². The third kappa shape index (κ3) is 4.90. The summed E-state index contributed by atoms with van der Waals surface area (Å²) in [5, 5.41) is 2.77. The number of esters is 1. The number of pyridine rings is 1. The minimum atomic E-state index is -0.487. The lowest BCUT2D eigenvalue weighted by molar-refractivity contribution is -0.129. The van der Waals surface area contributed by atoms with Crippen molar-refractivity contribution < 1.29 is 19.1 Å². The molecule has 0 radical (unpaired) electrons. The standard InChI is InChI=1S/C21H24N4O4/c1-3-29-21(28)18-6-4-5-7-19(18)23-20(27)16-12-17(14-22-13-16)25-10-8-24(9-11-25)15(2)26/h4-7,12-14H,3,8-11H2,1-2H3,(H,23,27). The predicted octanol–water partition coefficient (Wildman–Crippen LogP) is 2.18. The Kier molecular flexibility index (Phi) is 6.43. The molecule has 1 aliphatic rings. The first-order valence-corrected chi connectivity index (χ1v) is 9.52. The predicted molar refractivity (Wildman–Crippen MR) is 109 cm³/mol. The molecule has 0 bridgehead atoms. The van der Waals surface area contributed by atoms with Gasteiger partial charge in [0.25, 0.3) is 5.91 Å². The molecule has 0 unspecified atom stereocenters. The van der Waals surface area contributed by atoms with Crippen LogP contribution in [0.4, 0.5) is 11.4 Å². The molecule has 2 aromatic rings. The third-order valence-electron chi connectivity index (χ3n) is 4.75. The van der Waals surface area contributed by atoms with Crippen LogP contribution in [0.2, 0.25) is 0 Å². The van der Waals surface area contributed by atoms with Crippen molar-refractivity contribution in [2.24, 2.45) is 0 Å². The van der Waals surface area contributed by atoms with Crippen molar-refractivity contribution in [3.05, 3.63) is 53.9 Å². The molecule has 1 N–H and O–H groups in total. The average molecular weight is 396 g/mol. The molecule has 1 saturated heterocycles. The van der Waals surface area contributed by atoms with Crippen LogP contribution < -0.4 is 10.2 Å². The lowest BCUT2D eigenvalue weighted by Gasteiger charge is -2.35. The van der Waals surface area contributed by atoms with Gasteiger partial charge in [0.2, 0.25) is 5.91 Å². The van der Waals surface area contributed by atoms with Crippen LogP contribution in [0.15, 0.2) is 42.7 Å². The van der Waals surface area contributed by atoms with Gasteiger partial charge in [-0.25, -0.2) is 4.79 Å². The van der Waals surface area contributed by atoms with Crippen molar-refractivity contribution in [2.45, 2.75) is 13.8 Å². The second kappa shape index (κ2) is 9.18. The summed E-state index contributed by atoms with van der Waals surface area (Å²) in [7, 11) is 0. The van der Waals surface area contributed by atoms with Crippen LogP contribution >= 0.6 is 0 Å². The highest BCUT2D eigenvalue weighted by molar-refractivity contribution is 6.08. The van der Waals surface area contributed by atoms with Gasteiger partial charge >= 0.3 is 5.97 Å². The third-order valence-corrected chi connectivity index (χ3v) is 4.75. The number of anilines is 2. The van der Waals surface area contributed by atoms with Crippen molar-refractivity contribution in [2.75, 3.05) is 43.0 Å². The fraction of sp³-hybridized carbons (Fsp3) is 0.333. The highest BCUT2D eigenvalue weighted by Gasteiger charge is 2.20. The number of rotatable bonds is 5. The topological polar surface area (TPSA) is 91.8 Å². The molecule has 2 amide bonds. The van der Waals surface area contributed by atoms with Gasteiger partial charge in [-0.1, -0.05) is 12.1 Å². The first kappa shape index (κ1) is 20.3. The minimum absolute atomic E-state index is 0.0659. The fourth-order valence-corrected chi connectivity index (χ4v) is 3.18. The molecule has 0 spiro atoms. The molecular formula is C21H24N4O4. The number of amides is 2. The number of nitrogens with one attached hydrogen (secondary N) is 1. The first-order valence-electron chi connectivity index (χ1n) is 9.52. The summed E-state index contributed by atoms with van der Waals surface area (Å²) in [6, 6.07) is 8.48. The van der Waals surface area contributed by atoms with Crippen LogP contribution in [-0.2, 0) is 9.53 Å². The Balaban J connectivity index is 1.73. The van der Waals surface area contributed by atoms with E-state index >= 15 is 0 Å². The van der Waals surface area contributed by atoms with Gasteiger partial charge in [-0.2, -0.15) is 0 Å². The molecule has 0 aliphatic carbocycles. The number of benzene rings is 1. The van der Waals surface area contributed by atoms with Gasteiger partial charge in [0.05, 0.1) is 35.3 Å². The van der Waals surface area contributed by atoms with Crippen LogP contribution in [-0.4, -0.2) is 60.5 Å². The molecule has 1 aromatic heterocycles. The number of carbonyl (C=O) groups is 3. The number of hydrogen-bond acceptors (Lipinski definition) is 6. The van der Waals surface area contributed by atoms with Crippen molar-refractivity contribution in [1.82, 2.24) is 9.88 Å². The van der Waals surface area contributed by atoms with Crippen LogP contribution in [0.25, 0.3) is 0 Å². The molecule has 0 atom stereocenters. The first-order chi connectivity index (χ1) is 14.0. The highest BCUT2D eigenvalue weighted by Crippen LogP contribution is 2.20. The highest BCUT2D eigenvalue weighted by atomic mass is 16.5. The number of aromatic nitrogens is 1. The summed E-state index contributed by atoms with van der Waals surface area (Å²) in [5.74, 6) is -0.784. The van der Waals surface area contributed by atoms with Crippen molar-refractivity contribution >= 4 is 29.2 Å². The molecule has 1 fully saturated rings. The van der Waals surface area contributed by atoms with E-state index in [9.17, 15) is 14.4 Å². The van der Waals surface area contributed by atoms with Crippen molar-refractivity contribution in [1.29, 1.82) is 0 Å². The quantitative estimate of drug-likeness (QED) is 0.779. The lowest BCUT2D eigenvalue weighted by atomic mass is 10.1. The molecule has 3 rings (SSSR count). The van der Waals surface area contributed by atoms with E-state index in [1.165, 1.54) is 6.20 Å². The summed E-state index contributed by atoms with van der Waals surface area (Å²) in [5.41, 5.74) is 1.89. The number of hydrogen-bond donors (Lipinski definition) is 1. The number of para-hydroxylation sites is 1. The molecular weight excluding hydrogens is 372 g/mol. The SMILES string of the molecule is CCOC(=O)c1ccccc1NC(=O)c1cncc(N2CCN(C(C)=O)CC2)c1. The molecule has 29 heavy (non-hydrogen) atoms. The Labute approximate surface area is 169 Å². The number of piperazine rings is 1. The van der Waals surface area contributed by atoms with E-state index in [4.69, 9.17) is 4.74 Å². The monoisotopic (exact) mass is 396 g/mol. The summed E-state index contributed by atoms with van der Waals surface area (Å²) < 4.78 is 5.04. The Morgan fingerprint density at radius 1 is 1.10 bits per heavy atom. The van der Waals surface area contributed by atoms with Crippen molar-refractivity contribution in [3.63, 3.8) is 0 Å². The molecule has 1 aliphatic heterocycles. The largest absolute Gasteiger partial charge is 0.462 e. The van der Waals surface area contributed by atoms with Gasteiger partial charge in [0.1, 0.15) is 0 Å². The van der Waals surface area contributed by atoms with Crippen LogP contribution in [0, 0.1) is 0 Å². The molecule has 2 heterocycles. The lowest BCUT2D eigenvalue weighted by Crippen LogP contribution is -2.48. The van der Waals surface area contributed by atoms with E-state index in [0.29, 0.717) is 43.0 Å². The molecule has 152 valence electrons. The Hall–Kier alpha value is -3.42. The summed E-state index contributed by atoms with van der Waals surface area (Å²) in [6.07, 6.45) is 3.18. The molecule has 8 nitrogen and oxygen atoms in total. The minimum Gasteiger partial charge on any atom is -0.462 e. The Morgan fingerprint density at radius 3 is 2.52 bits per heavy atom. The zero-order valence-electron chi connectivity index (χ0n) is 16.6. The fourth-order valence-electron chi connectivity index (χ4n) is 3.18. The summed E-state index contributed by atoms with van der Waals surface area (Å²) in [6.45, 7) is 6.18. The van der Waals surface area contributed by atoms with Gasteiger partial charge in [-0.05, 0) is 25.1 Å². The summed E-state index contributed by atoms with van der Waals surface area (Å²) >= 11 is 0. The molecule has 8 heteroatoms. The van der Waals surface area contributed by atoms with E-state index in [0.717, 1.165) is 5.69 Å². The number of carbonyl (C=O) groups excluding carboxylic acids is 3. The average Bonchev–Trinajstić information content (AvgIpc) is 2.74. The molecule has 0 saturated carbocycles. The Bertz CT molecular complexity index is 907. The van der Waals surface area contributed by atoms with E-state index in [1.807, 2.05) is 0 Å². The summed E-state index contributed by atoms with van der Waals surface area (Å²) in [4.78, 5) is 44.4. The normalized spacial score (nSPS) is 13.7. The Morgan fingerprint density at radius 2 is 1.83 bits per heavy atom. The zero-order chi connectivity index (χ0) is 20.8. The second-order valence-electron chi connectivity index (χ2n) is 6.65. The van der Waals surface area contributed by atoms with E-state index < -0.39 is 5.97 Å². The zero-order valence-corrected chi connectivity index (χ0v) is 16.6. The van der Waals surface area contributed by atoms with Crippen LogP contribution in [0.3, 0.4) is 0 Å². The maximum Gasteiger partial charge on any atom is 0.340 e. The van der Waals surface area contributed by atoms with E-state index in [2.05, 4.69) is 15.2 Å². The van der Waals surface area contributed by atoms with E-state index in [1.54, 1.807) is 55.3 Å². The van der Waals surface area contributed by atoms with Gasteiger partial charge in [-0.3, -0.25) is 14.6 Å². The molecule has 1 aromatic carbocycles. The van der Waals surface area contributed by atoms with Crippen LogP contribution in [0.1, 0.15) is 34.6 Å². The number of ether oxygens (including phenoxy) is 1. The maximum absolute atomic E-state index is 12.7. The van der Waals surface area contributed by atoms with Gasteiger partial charge < -0.3 is 19.9 Å². The van der Waals surface area contributed by atoms with Gasteiger partial charge in [0, 0.05) is 39.3 Å². The maximum atomic E-state index is 12.7.